The molecule has 2 rings (SSSR count). The van der Waals surface area contributed by atoms with Crippen LogP contribution in [-0.2, 0) is 0 Å². The number of allylic oxidation sites excluding steroid dienone is 6. The predicted molar refractivity (Wildman–Crippen MR) is 77.9 cm³/mol. The number of benzene rings is 1. The molecule has 90 valence electrons. The molecule has 0 heterocycles. The molecular weight excluding hydrogens is 204 g/mol. The summed E-state index contributed by atoms with van der Waals surface area (Å²) < 4.78 is 0. The zero-order valence-electron chi connectivity index (χ0n) is 11.1. The van der Waals surface area contributed by atoms with Gasteiger partial charge in [-0.2, -0.15) is 0 Å². The average Bonchev–Trinajstić information content (AvgIpc) is 2.36. The molecular formula is C17H22. The van der Waals surface area contributed by atoms with Crippen LogP contribution in [0.5, 0.6) is 0 Å². The van der Waals surface area contributed by atoms with Crippen LogP contribution in [0.3, 0.4) is 0 Å². The Labute approximate surface area is 105 Å². The molecule has 1 aliphatic carbocycles. The highest BCUT2D eigenvalue weighted by Gasteiger charge is 2.04. The van der Waals surface area contributed by atoms with Crippen LogP contribution in [0.4, 0.5) is 0 Å². The zero-order valence-corrected chi connectivity index (χ0v) is 11.1. The molecule has 0 N–H and O–H groups in total. The molecule has 0 unspecified atom stereocenters. The van der Waals surface area contributed by atoms with Crippen molar-refractivity contribution in [2.45, 2.75) is 33.6 Å². The Kier molecular flexibility index (Phi) is 6.09. The van der Waals surface area contributed by atoms with Crippen molar-refractivity contribution in [3.8, 4) is 0 Å². The van der Waals surface area contributed by atoms with Gasteiger partial charge >= 0.3 is 0 Å². The minimum atomic E-state index is 1.23. The molecule has 0 heteroatoms. The van der Waals surface area contributed by atoms with Gasteiger partial charge in [-0.3, -0.25) is 0 Å². The molecule has 0 saturated heterocycles. The molecule has 1 aromatic carbocycles. The first-order valence-electron chi connectivity index (χ1n) is 6.49. The molecule has 0 aliphatic heterocycles. The van der Waals surface area contributed by atoms with Crippen LogP contribution < -0.4 is 0 Å². The SMILES string of the molecule is C/C=C\C(=C/C1=CCC1)c1ccccc1.CC. The van der Waals surface area contributed by atoms with Gasteiger partial charge in [0, 0.05) is 0 Å². The van der Waals surface area contributed by atoms with E-state index in [-0.39, 0.29) is 0 Å². The Morgan fingerprint density at radius 3 is 2.24 bits per heavy atom. The minimum Gasteiger partial charge on any atom is -0.0870 e. The third kappa shape index (κ3) is 4.07. The second-order valence-corrected chi connectivity index (χ2v) is 3.78. The molecule has 0 spiro atoms. The highest BCUT2D eigenvalue weighted by atomic mass is 14.1. The predicted octanol–water partition coefficient (Wildman–Crippen LogP) is 5.39. The number of hydrogen-bond donors (Lipinski definition) is 0. The first-order valence-corrected chi connectivity index (χ1v) is 6.49. The van der Waals surface area contributed by atoms with Crippen molar-refractivity contribution >= 4 is 5.57 Å². The monoisotopic (exact) mass is 226 g/mol. The third-order valence-electron chi connectivity index (χ3n) is 2.63. The van der Waals surface area contributed by atoms with Crippen molar-refractivity contribution in [3.05, 3.63) is 65.8 Å². The van der Waals surface area contributed by atoms with E-state index in [0.717, 1.165) is 0 Å². The van der Waals surface area contributed by atoms with E-state index in [2.05, 4.69) is 61.6 Å². The van der Waals surface area contributed by atoms with Gasteiger partial charge in [0.05, 0.1) is 0 Å². The first-order chi connectivity index (χ1) is 8.40. The number of rotatable bonds is 3. The lowest BCUT2D eigenvalue weighted by atomic mass is 9.94. The van der Waals surface area contributed by atoms with Crippen LogP contribution in [0, 0.1) is 0 Å². The van der Waals surface area contributed by atoms with Gasteiger partial charge in [-0.05, 0) is 30.9 Å². The van der Waals surface area contributed by atoms with E-state index in [1.165, 1.54) is 29.6 Å². The van der Waals surface area contributed by atoms with Gasteiger partial charge < -0.3 is 0 Å². The maximum absolute atomic E-state index is 2.30. The summed E-state index contributed by atoms with van der Waals surface area (Å²) in [6.07, 6.45) is 11.3. The first kappa shape index (κ1) is 13.5. The van der Waals surface area contributed by atoms with Crippen molar-refractivity contribution in [2.75, 3.05) is 0 Å². The van der Waals surface area contributed by atoms with Gasteiger partial charge in [-0.15, -0.1) is 0 Å². The van der Waals surface area contributed by atoms with Crippen LogP contribution in [0.2, 0.25) is 0 Å². The summed E-state index contributed by atoms with van der Waals surface area (Å²) in [4.78, 5) is 0. The average molecular weight is 226 g/mol. The van der Waals surface area contributed by atoms with Crippen molar-refractivity contribution < 1.29 is 0 Å². The summed E-state index contributed by atoms with van der Waals surface area (Å²) in [6, 6.07) is 10.5. The fourth-order valence-corrected chi connectivity index (χ4v) is 1.68. The molecule has 1 aromatic rings. The van der Waals surface area contributed by atoms with Gasteiger partial charge in [-0.25, -0.2) is 0 Å². The Morgan fingerprint density at radius 2 is 1.76 bits per heavy atom. The van der Waals surface area contributed by atoms with Gasteiger partial charge in [0.2, 0.25) is 0 Å². The maximum atomic E-state index is 2.30. The van der Waals surface area contributed by atoms with Crippen LogP contribution >= 0.6 is 0 Å². The lowest BCUT2D eigenvalue weighted by Gasteiger charge is -2.11. The van der Waals surface area contributed by atoms with Crippen LogP contribution in [0.1, 0.15) is 39.2 Å². The standard InChI is InChI=1S/C15H16.C2H6/c1-2-7-15(12-13-8-6-9-13)14-10-4-3-5-11-14;1-2/h2-5,7-8,10-12H,6,9H2,1H3;1-2H3/b7-2-,15-12+;. The second kappa shape index (κ2) is 7.67. The van der Waals surface area contributed by atoms with Gasteiger partial charge in [-0.1, -0.05) is 74.1 Å². The summed E-state index contributed by atoms with van der Waals surface area (Å²) in [6.45, 7) is 6.06. The van der Waals surface area contributed by atoms with Gasteiger partial charge in [0.15, 0.2) is 0 Å². The van der Waals surface area contributed by atoms with Crippen LogP contribution in [0.25, 0.3) is 5.57 Å². The fraction of sp³-hybridized carbons (Fsp3) is 0.294. The van der Waals surface area contributed by atoms with E-state index in [9.17, 15) is 0 Å². The summed E-state index contributed by atoms with van der Waals surface area (Å²) >= 11 is 0. The largest absolute Gasteiger partial charge is 0.0870 e. The lowest BCUT2D eigenvalue weighted by molar-refractivity contribution is 0.907. The van der Waals surface area contributed by atoms with E-state index < -0.39 is 0 Å². The van der Waals surface area contributed by atoms with Crippen molar-refractivity contribution in [1.29, 1.82) is 0 Å². The molecule has 0 fully saturated rings. The Hall–Kier alpha value is -1.56. The molecule has 0 atom stereocenters. The summed E-state index contributed by atoms with van der Waals surface area (Å²) in [5.74, 6) is 0. The van der Waals surface area contributed by atoms with E-state index in [0.29, 0.717) is 0 Å². The molecule has 0 bridgehead atoms. The van der Waals surface area contributed by atoms with Gasteiger partial charge in [0.25, 0.3) is 0 Å². The second-order valence-electron chi connectivity index (χ2n) is 3.78. The molecule has 0 saturated carbocycles. The Bertz CT molecular complexity index is 405. The molecule has 0 radical (unpaired) electrons. The summed E-state index contributed by atoms with van der Waals surface area (Å²) in [5.41, 5.74) is 4.07. The van der Waals surface area contributed by atoms with Crippen molar-refractivity contribution in [2.24, 2.45) is 0 Å². The molecule has 0 aromatic heterocycles. The normalized spacial score (nSPS) is 14.8. The summed E-state index contributed by atoms with van der Waals surface area (Å²) in [7, 11) is 0. The highest BCUT2D eigenvalue weighted by Crippen LogP contribution is 2.25. The van der Waals surface area contributed by atoms with Crippen molar-refractivity contribution in [3.63, 3.8) is 0 Å². The van der Waals surface area contributed by atoms with Gasteiger partial charge in [0.1, 0.15) is 0 Å². The van der Waals surface area contributed by atoms with E-state index in [4.69, 9.17) is 0 Å². The maximum Gasteiger partial charge on any atom is -0.0184 e. The molecule has 17 heavy (non-hydrogen) atoms. The topological polar surface area (TPSA) is 0 Å². The van der Waals surface area contributed by atoms with Crippen molar-refractivity contribution in [1.82, 2.24) is 0 Å². The minimum absolute atomic E-state index is 1.23. The summed E-state index contributed by atoms with van der Waals surface area (Å²) in [5, 5.41) is 0. The Morgan fingerprint density at radius 1 is 1.12 bits per heavy atom. The van der Waals surface area contributed by atoms with E-state index in [1.807, 2.05) is 13.8 Å². The lowest BCUT2D eigenvalue weighted by Crippen LogP contribution is -1.91. The number of hydrogen-bond acceptors (Lipinski definition) is 0. The third-order valence-corrected chi connectivity index (χ3v) is 2.63. The van der Waals surface area contributed by atoms with E-state index in [1.54, 1.807) is 0 Å². The molecule has 1 aliphatic rings. The zero-order chi connectivity index (χ0) is 12.5. The molecule has 0 nitrogen and oxygen atoms in total. The fourth-order valence-electron chi connectivity index (χ4n) is 1.68. The van der Waals surface area contributed by atoms with Crippen LogP contribution in [0.15, 0.2) is 60.2 Å². The quantitative estimate of drug-likeness (QED) is 0.606. The molecule has 0 amide bonds. The Balaban J connectivity index is 0.000000686. The smallest absolute Gasteiger partial charge is 0.0184 e. The highest BCUT2D eigenvalue weighted by molar-refractivity contribution is 5.76. The van der Waals surface area contributed by atoms with Crippen LogP contribution in [-0.4, -0.2) is 0 Å². The van der Waals surface area contributed by atoms with E-state index >= 15 is 0 Å².